The molecular formula is C21H26N2O2. The van der Waals surface area contributed by atoms with Gasteiger partial charge in [-0.1, -0.05) is 24.3 Å². The van der Waals surface area contributed by atoms with Crippen molar-refractivity contribution in [2.24, 2.45) is 0 Å². The Morgan fingerprint density at radius 1 is 1.00 bits per heavy atom. The number of hydrogen-bond acceptors (Lipinski definition) is 2. The quantitative estimate of drug-likeness (QED) is 0.779. The fourth-order valence-corrected chi connectivity index (χ4v) is 2.88. The second kappa shape index (κ2) is 9.02. The highest BCUT2D eigenvalue weighted by atomic mass is 16.2. The van der Waals surface area contributed by atoms with E-state index in [9.17, 15) is 9.59 Å². The Labute approximate surface area is 149 Å². The maximum atomic E-state index is 12.5. The number of benzene rings is 2. The third-order valence-electron chi connectivity index (χ3n) is 4.02. The molecule has 0 saturated carbocycles. The molecule has 0 aromatic heterocycles. The zero-order valence-electron chi connectivity index (χ0n) is 15.2. The molecule has 1 N–H and O–H groups in total. The van der Waals surface area contributed by atoms with Crippen LogP contribution in [0.4, 0.5) is 5.69 Å². The Morgan fingerprint density at radius 3 is 2.24 bits per heavy atom. The van der Waals surface area contributed by atoms with Crippen molar-refractivity contribution >= 4 is 17.5 Å². The van der Waals surface area contributed by atoms with Crippen LogP contribution in [0.2, 0.25) is 0 Å². The van der Waals surface area contributed by atoms with Crippen molar-refractivity contribution in [1.82, 2.24) is 5.32 Å². The number of hydrogen-bond donors (Lipinski definition) is 1. The monoisotopic (exact) mass is 338 g/mol. The molecule has 2 rings (SSSR count). The molecule has 2 amide bonds. The lowest BCUT2D eigenvalue weighted by Crippen LogP contribution is -2.32. The first kappa shape index (κ1) is 18.7. The summed E-state index contributed by atoms with van der Waals surface area (Å²) in [6.07, 6.45) is 1.04. The van der Waals surface area contributed by atoms with Gasteiger partial charge in [-0.25, -0.2) is 0 Å². The smallest absolute Gasteiger partial charge is 0.251 e. The van der Waals surface area contributed by atoms with Gasteiger partial charge in [0.05, 0.1) is 0 Å². The van der Waals surface area contributed by atoms with Crippen molar-refractivity contribution in [1.29, 1.82) is 0 Å². The molecule has 2 aromatic carbocycles. The van der Waals surface area contributed by atoms with E-state index in [-0.39, 0.29) is 11.8 Å². The van der Waals surface area contributed by atoms with Crippen molar-refractivity contribution < 1.29 is 9.59 Å². The normalized spacial score (nSPS) is 10.4. The van der Waals surface area contributed by atoms with Gasteiger partial charge >= 0.3 is 0 Å². The van der Waals surface area contributed by atoms with Crippen molar-refractivity contribution in [3.05, 3.63) is 65.2 Å². The maximum absolute atomic E-state index is 12.5. The van der Waals surface area contributed by atoms with Crippen LogP contribution in [-0.4, -0.2) is 24.9 Å². The van der Waals surface area contributed by atoms with Crippen molar-refractivity contribution in [2.75, 3.05) is 18.0 Å². The van der Waals surface area contributed by atoms with E-state index in [0.717, 1.165) is 16.8 Å². The van der Waals surface area contributed by atoms with Crippen LogP contribution in [0.5, 0.6) is 0 Å². The standard InChI is InChI=1S/C21H26N2O2/c1-4-23(19-14-16(2)13-17(3)15-19)20(24)11-8-12-22-21(25)18-9-6-5-7-10-18/h5-7,9-10,13-15H,4,8,11-12H2,1-3H3,(H,22,25). The first-order valence-electron chi connectivity index (χ1n) is 8.73. The first-order valence-corrected chi connectivity index (χ1v) is 8.73. The van der Waals surface area contributed by atoms with E-state index in [1.165, 1.54) is 0 Å². The summed E-state index contributed by atoms with van der Waals surface area (Å²) in [5.74, 6) is -0.0174. The number of carbonyl (C=O) groups excluding carboxylic acids is 2. The van der Waals surface area contributed by atoms with E-state index in [4.69, 9.17) is 0 Å². The number of rotatable bonds is 7. The van der Waals surface area contributed by atoms with Crippen LogP contribution in [0, 0.1) is 13.8 Å². The number of aryl methyl sites for hydroxylation is 2. The summed E-state index contributed by atoms with van der Waals surface area (Å²) in [4.78, 5) is 26.3. The van der Waals surface area contributed by atoms with Crippen LogP contribution in [-0.2, 0) is 4.79 Å². The lowest BCUT2D eigenvalue weighted by Gasteiger charge is -2.22. The minimum Gasteiger partial charge on any atom is -0.352 e. The summed E-state index contributed by atoms with van der Waals surface area (Å²) < 4.78 is 0. The van der Waals surface area contributed by atoms with Gasteiger partial charge in [-0.05, 0) is 62.6 Å². The van der Waals surface area contributed by atoms with Gasteiger partial charge in [0.1, 0.15) is 0 Å². The Bertz CT molecular complexity index is 706. The highest BCUT2D eigenvalue weighted by Gasteiger charge is 2.14. The van der Waals surface area contributed by atoms with Gasteiger partial charge < -0.3 is 10.2 Å². The molecule has 132 valence electrons. The molecule has 0 spiro atoms. The van der Waals surface area contributed by atoms with E-state index in [0.29, 0.717) is 31.5 Å². The molecule has 0 aliphatic carbocycles. The molecule has 0 aliphatic heterocycles. The third-order valence-corrected chi connectivity index (χ3v) is 4.02. The molecule has 0 unspecified atom stereocenters. The Morgan fingerprint density at radius 2 is 1.64 bits per heavy atom. The summed E-state index contributed by atoms with van der Waals surface area (Å²) in [5, 5.41) is 2.86. The average Bonchev–Trinajstić information content (AvgIpc) is 2.59. The molecule has 0 radical (unpaired) electrons. The molecule has 0 atom stereocenters. The van der Waals surface area contributed by atoms with Crippen LogP contribution in [0.1, 0.15) is 41.3 Å². The van der Waals surface area contributed by atoms with E-state index >= 15 is 0 Å². The highest BCUT2D eigenvalue weighted by molar-refractivity contribution is 5.94. The topological polar surface area (TPSA) is 49.4 Å². The molecule has 0 heterocycles. The minimum atomic E-state index is -0.102. The number of nitrogens with one attached hydrogen (secondary N) is 1. The predicted octanol–water partition coefficient (Wildman–Crippen LogP) is 3.87. The van der Waals surface area contributed by atoms with Gasteiger partial charge in [-0.2, -0.15) is 0 Å². The second-order valence-corrected chi connectivity index (χ2v) is 6.21. The summed E-state index contributed by atoms with van der Waals surface area (Å²) >= 11 is 0. The van der Waals surface area contributed by atoms with E-state index < -0.39 is 0 Å². The molecular weight excluding hydrogens is 312 g/mol. The second-order valence-electron chi connectivity index (χ2n) is 6.21. The maximum Gasteiger partial charge on any atom is 0.251 e. The highest BCUT2D eigenvalue weighted by Crippen LogP contribution is 2.19. The van der Waals surface area contributed by atoms with Gasteiger partial charge in [-0.15, -0.1) is 0 Å². The molecule has 25 heavy (non-hydrogen) atoms. The summed E-state index contributed by atoms with van der Waals surface area (Å²) in [7, 11) is 0. The number of carbonyl (C=O) groups is 2. The fraction of sp³-hybridized carbons (Fsp3) is 0.333. The van der Waals surface area contributed by atoms with Crippen molar-refractivity contribution in [3.63, 3.8) is 0 Å². The van der Waals surface area contributed by atoms with Crippen molar-refractivity contribution in [3.8, 4) is 0 Å². The number of anilines is 1. The largest absolute Gasteiger partial charge is 0.352 e. The summed E-state index contributed by atoms with van der Waals surface area (Å²) in [5.41, 5.74) is 3.88. The molecule has 4 nitrogen and oxygen atoms in total. The van der Waals surface area contributed by atoms with Gasteiger partial charge in [0, 0.05) is 30.8 Å². The van der Waals surface area contributed by atoms with Crippen LogP contribution in [0.25, 0.3) is 0 Å². The first-order chi connectivity index (χ1) is 12.0. The lowest BCUT2D eigenvalue weighted by molar-refractivity contribution is -0.118. The Hall–Kier alpha value is -2.62. The van der Waals surface area contributed by atoms with Crippen LogP contribution in [0.3, 0.4) is 0 Å². The molecule has 0 fully saturated rings. The van der Waals surface area contributed by atoms with Crippen LogP contribution >= 0.6 is 0 Å². The fourth-order valence-electron chi connectivity index (χ4n) is 2.88. The zero-order valence-corrected chi connectivity index (χ0v) is 15.2. The van der Waals surface area contributed by atoms with E-state index in [1.54, 1.807) is 17.0 Å². The SMILES string of the molecule is CCN(C(=O)CCCNC(=O)c1ccccc1)c1cc(C)cc(C)c1. The lowest BCUT2D eigenvalue weighted by atomic mass is 10.1. The molecule has 4 heteroatoms. The van der Waals surface area contributed by atoms with Gasteiger partial charge in [-0.3, -0.25) is 9.59 Å². The molecule has 2 aromatic rings. The van der Waals surface area contributed by atoms with E-state index in [2.05, 4.69) is 11.4 Å². The zero-order chi connectivity index (χ0) is 18.2. The third kappa shape index (κ3) is 5.45. The average molecular weight is 338 g/mol. The molecule has 0 saturated heterocycles. The van der Waals surface area contributed by atoms with E-state index in [1.807, 2.05) is 51.1 Å². The Balaban J connectivity index is 1.85. The molecule has 0 aliphatic rings. The van der Waals surface area contributed by atoms with Gasteiger partial charge in [0.25, 0.3) is 5.91 Å². The number of nitrogens with zero attached hydrogens (tertiary/aromatic N) is 1. The van der Waals surface area contributed by atoms with Crippen LogP contribution < -0.4 is 10.2 Å². The van der Waals surface area contributed by atoms with Crippen LogP contribution in [0.15, 0.2) is 48.5 Å². The number of amides is 2. The molecule has 0 bridgehead atoms. The summed E-state index contributed by atoms with van der Waals surface area (Å²) in [6, 6.07) is 15.3. The van der Waals surface area contributed by atoms with Gasteiger partial charge in [0.15, 0.2) is 0 Å². The Kier molecular flexibility index (Phi) is 6.75. The predicted molar refractivity (Wildman–Crippen MR) is 102 cm³/mol. The van der Waals surface area contributed by atoms with Crippen molar-refractivity contribution in [2.45, 2.75) is 33.6 Å². The summed E-state index contributed by atoms with van der Waals surface area (Å²) in [6.45, 7) is 7.18. The minimum absolute atomic E-state index is 0.0847. The van der Waals surface area contributed by atoms with Gasteiger partial charge in [0.2, 0.25) is 5.91 Å².